The fourth-order valence-corrected chi connectivity index (χ4v) is 3.51. The molecule has 3 aromatic heterocycles. The number of aromatic nitrogens is 5. The van der Waals surface area contributed by atoms with Gasteiger partial charge in [-0.1, -0.05) is 0 Å². The van der Waals surface area contributed by atoms with Gasteiger partial charge in [-0.25, -0.2) is 9.97 Å². The summed E-state index contributed by atoms with van der Waals surface area (Å²) in [4.78, 5) is 20.5. The third-order valence-corrected chi connectivity index (χ3v) is 4.94. The second kappa shape index (κ2) is 5.66. The number of nitrogens with two attached hydrogens (primary N) is 1. The van der Waals surface area contributed by atoms with Gasteiger partial charge in [0.15, 0.2) is 5.69 Å². The fourth-order valence-electron chi connectivity index (χ4n) is 3.51. The highest BCUT2D eigenvalue weighted by Gasteiger charge is 2.31. The largest absolute Gasteiger partial charge is 0.390 e. The number of carbonyl (C=O) groups excluding carboxylic acids is 1. The van der Waals surface area contributed by atoms with Gasteiger partial charge < -0.3 is 10.8 Å². The number of hydrogen-bond donors (Lipinski definition) is 2. The average Bonchev–Trinajstić information content (AvgIpc) is 3.23. The van der Waals surface area contributed by atoms with Crippen molar-refractivity contribution in [3.8, 4) is 5.82 Å². The zero-order chi connectivity index (χ0) is 17.6. The Bertz CT molecular complexity index is 918. The Balaban J connectivity index is 1.81. The SMILES string of the molecule is CC1(O)CCC(n2ncc3cc(-n4ccnc4)nc(C(N)=O)c32)CC1. The molecule has 3 heterocycles. The number of imidazole rings is 1. The van der Waals surface area contributed by atoms with Gasteiger partial charge >= 0.3 is 0 Å². The lowest BCUT2D eigenvalue weighted by Crippen LogP contribution is -2.32. The standard InChI is InChI=1S/C17H20N6O2/c1-17(25)4-2-12(3-5-17)23-15-11(9-20-23)8-13(21-14(15)16(18)24)22-7-6-19-10-22/h6-10,12,25H,2-5H2,1H3,(H2,18,24). The zero-order valence-electron chi connectivity index (χ0n) is 14.0. The summed E-state index contributed by atoms with van der Waals surface area (Å²) < 4.78 is 3.57. The molecule has 0 saturated heterocycles. The van der Waals surface area contributed by atoms with Crippen LogP contribution in [0.2, 0.25) is 0 Å². The van der Waals surface area contributed by atoms with Crippen LogP contribution in [0.4, 0.5) is 0 Å². The molecule has 3 N–H and O–H groups in total. The number of carbonyl (C=O) groups is 1. The lowest BCUT2D eigenvalue weighted by Gasteiger charge is -2.33. The summed E-state index contributed by atoms with van der Waals surface area (Å²) in [5.74, 6) is -0.0125. The minimum absolute atomic E-state index is 0.122. The third-order valence-electron chi connectivity index (χ3n) is 4.94. The van der Waals surface area contributed by atoms with Gasteiger partial charge in [-0.15, -0.1) is 0 Å². The minimum atomic E-state index is -0.626. The highest BCUT2D eigenvalue weighted by Crippen LogP contribution is 2.36. The van der Waals surface area contributed by atoms with Crippen LogP contribution in [0.1, 0.15) is 49.1 Å². The first-order chi connectivity index (χ1) is 11.9. The monoisotopic (exact) mass is 340 g/mol. The van der Waals surface area contributed by atoms with Crippen molar-refractivity contribution in [1.82, 2.24) is 24.3 Å². The second-order valence-corrected chi connectivity index (χ2v) is 6.92. The first-order valence-electron chi connectivity index (χ1n) is 8.33. The van der Waals surface area contributed by atoms with Crippen molar-refractivity contribution < 1.29 is 9.90 Å². The molecule has 1 saturated carbocycles. The summed E-state index contributed by atoms with van der Waals surface area (Å²) in [6.07, 6.45) is 9.75. The zero-order valence-corrected chi connectivity index (χ0v) is 14.0. The predicted molar refractivity (Wildman–Crippen MR) is 91.3 cm³/mol. The molecule has 0 spiro atoms. The second-order valence-electron chi connectivity index (χ2n) is 6.92. The van der Waals surface area contributed by atoms with E-state index in [2.05, 4.69) is 15.1 Å². The first kappa shape index (κ1) is 15.8. The van der Waals surface area contributed by atoms with Crippen LogP contribution in [-0.2, 0) is 0 Å². The summed E-state index contributed by atoms with van der Waals surface area (Å²) in [6.45, 7) is 1.86. The van der Waals surface area contributed by atoms with Crippen molar-refractivity contribution in [3.05, 3.63) is 36.7 Å². The molecule has 1 fully saturated rings. The quantitative estimate of drug-likeness (QED) is 0.752. The number of pyridine rings is 1. The molecule has 25 heavy (non-hydrogen) atoms. The minimum Gasteiger partial charge on any atom is -0.390 e. The van der Waals surface area contributed by atoms with Gasteiger partial charge in [0.05, 0.1) is 17.8 Å². The number of nitrogens with zero attached hydrogens (tertiary/aromatic N) is 5. The van der Waals surface area contributed by atoms with Crippen molar-refractivity contribution in [2.45, 2.75) is 44.2 Å². The molecule has 0 radical (unpaired) electrons. The van der Waals surface area contributed by atoms with Crippen LogP contribution in [0.15, 0.2) is 31.0 Å². The van der Waals surface area contributed by atoms with E-state index in [1.54, 1.807) is 29.5 Å². The molecular weight excluding hydrogens is 320 g/mol. The molecule has 1 aliphatic carbocycles. The number of primary amides is 1. The maximum Gasteiger partial charge on any atom is 0.269 e. The molecule has 0 bridgehead atoms. The Kier molecular flexibility index (Phi) is 3.57. The van der Waals surface area contributed by atoms with E-state index < -0.39 is 11.5 Å². The van der Waals surface area contributed by atoms with E-state index in [0.717, 1.165) is 18.2 Å². The maximum atomic E-state index is 12.0. The third kappa shape index (κ3) is 2.78. The number of fused-ring (bicyclic) bond motifs is 1. The van der Waals surface area contributed by atoms with Crippen molar-refractivity contribution in [3.63, 3.8) is 0 Å². The molecule has 3 aromatic rings. The van der Waals surface area contributed by atoms with E-state index >= 15 is 0 Å². The molecule has 1 aliphatic rings. The van der Waals surface area contributed by atoms with Crippen LogP contribution in [0.3, 0.4) is 0 Å². The van der Waals surface area contributed by atoms with Gasteiger partial charge in [0.25, 0.3) is 5.91 Å². The van der Waals surface area contributed by atoms with Crippen LogP contribution in [0.25, 0.3) is 16.7 Å². The average molecular weight is 340 g/mol. The summed E-state index contributed by atoms with van der Waals surface area (Å²) in [6, 6.07) is 1.99. The van der Waals surface area contributed by atoms with Gasteiger partial charge in [0.2, 0.25) is 0 Å². The van der Waals surface area contributed by atoms with E-state index in [4.69, 9.17) is 5.73 Å². The highest BCUT2D eigenvalue weighted by atomic mass is 16.3. The van der Waals surface area contributed by atoms with Gasteiger partial charge in [-0.2, -0.15) is 5.10 Å². The Labute approximate surface area is 144 Å². The molecular formula is C17H20N6O2. The smallest absolute Gasteiger partial charge is 0.269 e. The molecule has 8 heteroatoms. The Hall–Kier alpha value is -2.74. The summed E-state index contributed by atoms with van der Waals surface area (Å²) in [5.41, 5.74) is 5.83. The summed E-state index contributed by atoms with van der Waals surface area (Å²) in [7, 11) is 0. The highest BCUT2D eigenvalue weighted by molar-refractivity contribution is 6.03. The molecule has 8 nitrogen and oxygen atoms in total. The van der Waals surface area contributed by atoms with E-state index in [-0.39, 0.29) is 11.7 Å². The molecule has 4 rings (SSSR count). The molecule has 0 aromatic carbocycles. The lowest BCUT2D eigenvalue weighted by molar-refractivity contribution is 0.00901. The summed E-state index contributed by atoms with van der Waals surface area (Å²) >= 11 is 0. The predicted octanol–water partition coefficient (Wildman–Crippen LogP) is 1.58. The van der Waals surface area contributed by atoms with Crippen molar-refractivity contribution in [1.29, 1.82) is 0 Å². The van der Waals surface area contributed by atoms with E-state index in [0.29, 0.717) is 24.2 Å². The summed E-state index contributed by atoms with van der Waals surface area (Å²) in [5, 5.41) is 15.5. The van der Waals surface area contributed by atoms with Crippen LogP contribution >= 0.6 is 0 Å². The first-order valence-corrected chi connectivity index (χ1v) is 8.33. The number of rotatable bonds is 3. The lowest BCUT2D eigenvalue weighted by atomic mass is 9.83. The van der Waals surface area contributed by atoms with Gasteiger partial charge in [-0.3, -0.25) is 14.0 Å². The van der Waals surface area contributed by atoms with Crippen molar-refractivity contribution in [2.24, 2.45) is 5.73 Å². The van der Waals surface area contributed by atoms with Gasteiger partial charge in [0.1, 0.15) is 17.7 Å². The van der Waals surface area contributed by atoms with E-state index in [1.807, 2.05) is 17.7 Å². The van der Waals surface area contributed by atoms with Crippen molar-refractivity contribution in [2.75, 3.05) is 0 Å². The Morgan fingerprint density at radius 2 is 2.16 bits per heavy atom. The van der Waals surface area contributed by atoms with E-state index in [9.17, 15) is 9.90 Å². The maximum absolute atomic E-state index is 12.0. The number of amides is 1. The fraction of sp³-hybridized carbons (Fsp3) is 0.412. The van der Waals surface area contributed by atoms with Gasteiger partial charge in [0, 0.05) is 17.8 Å². The van der Waals surface area contributed by atoms with Crippen molar-refractivity contribution >= 4 is 16.8 Å². The van der Waals surface area contributed by atoms with Crippen LogP contribution in [0.5, 0.6) is 0 Å². The van der Waals surface area contributed by atoms with Crippen LogP contribution in [0, 0.1) is 0 Å². The van der Waals surface area contributed by atoms with E-state index in [1.165, 1.54) is 0 Å². The topological polar surface area (TPSA) is 112 Å². The Morgan fingerprint density at radius 1 is 1.40 bits per heavy atom. The molecule has 0 aliphatic heterocycles. The Morgan fingerprint density at radius 3 is 2.80 bits per heavy atom. The number of aliphatic hydroxyl groups is 1. The molecule has 130 valence electrons. The molecule has 1 amide bonds. The van der Waals surface area contributed by atoms with Crippen LogP contribution < -0.4 is 5.73 Å². The normalized spacial score (nSPS) is 23.8. The molecule has 0 unspecified atom stereocenters. The molecule has 0 atom stereocenters. The van der Waals surface area contributed by atoms with Gasteiger partial charge in [-0.05, 0) is 38.7 Å². The van der Waals surface area contributed by atoms with Crippen LogP contribution in [-0.4, -0.2) is 40.9 Å². The number of hydrogen-bond acceptors (Lipinski definition) is 5.